The lowest BCUT2D eigenvalue weighted by Crippen LogP contribution is -2.19. The van der Waals surface area contributed by atoms with E-state index in [2.05, 4.69) is 9.97 Å². The van der Waals surface area contributed by atoms with Crippen LogP contribution in [0.3, 0.4) is 0 Å². The Morgan fingerprint density at radius 1 is 1.67 bits per heavy atom. The maximum Gasteiger partial charge on any atom is 0.185 e. The van der Waals surface area contributed by atoms with Crippen molar-refractivity contribution in [3.63, 3.8) is 0 Å². The van der Waals surface area contributed by atoms with Crippen LogP contribution in [0.2, 0.25) is 0 Å². The number of thioether (sulfide) groups is 1. The van der Waals surface area contributed by atoms with Crippen molar-refractivity contribution in [1.29, 1.82) is 0 Å². The summed E-state index contributed by atoms with van der Waals surface area (Å²) in [5.41, 5.74) is 0.482. The molecule has 0 saturated heterocycles. The molecular formula is C9H14N2O3S. The number of nitrogens with one attached hydrogen (secondary N) is 1. The normalized spacial score (nSPS) is 14.9. The molecule has 6 heteroatoms. The molecule has 0 aromatic carbocycles. The van der Waals surface area contributed by atoms with Crippen LogP contribution >= 0.6 is 11.8 Å². The Kier molecular flexibility index (Phi) is 4.80. The van der Waals surface area contributed by atoms with Crippen LogP contribution in [0.5, 0.6) is 0 Å². The van der Waals surface area contributed by atoms with Crippen molar-refractivity contribution in [2.75, 3.05) is 5.75 Å². The lowest BCUT2D eigenvalue weighted by molar-refractivity contribution is -0.109. The molecule has 1 aromatic heterocycles. The third-order valence-electron chi connectivity index (χ3n) is 1.92. The molecule has 0 amide bonds. The van der Waals surface area contributed by atoms with Crippen molar-refractivity contribution in [3.05, 3.63) is 18.2 Å². The highest BCUT2D eigenvalue weighted by Gasteiger charge is 2.19. The number of H-pyrrole nitrogens is 1. The summed E-state index contributed by atoms with van der Waals surface area (Å²) in [5.74, 6) is 0.502. The highest BCUT2D eigenvalue weighted by atomic mass is 32.2. The van der Waals surface area contributed by atoms with Gasteiger partial charge in [0.15, 0.2) is 5.12 Å². The van der Waals surface area contributed by atoms with Crippen molar-refractivity contribution in [2.45, 2.75) is 25.6 Å². The Morgan fingerprint density at radius 3 is 2.93 bits per heavy atom. The monoisotopic (exact) mass is 230 g/mol. The second-order valence-electron chi connectivity index (χ2n) is 3.15. The number of carbonyl (C=O) groups is 1. The fraction of sp³-hybridized carbons (Fsp3) is 0.556. The molecule has 15 heavy (non-hydrogen) atoms. The van der Waals surface area contributed by atoms with Gasteiger partial charge < -0.3 is 15.2 Å². The van der Waals surface area contributed by atoms with Gasteiger partial charge in [0.2, 0.25) is 0 Å². The van der Waals surface area contributed by atoms with Gasteiger partial charge in [0, 0.05) is 12.7 Å². The van der Waals surface area contributed by atoms with Crippen LogP contribution in [0.25, 0.3) is 0 Å². The van der Waals surface area contributed by atoms with E-state index < -0.39 is 12.2 Å². The van der Waals surface area contributed by atoms with E-state index in [0.717, 1.165) is 11.8 Å². The summed E-state index contributed by atoms with van der Waals surface area (Å²) in [7, 11) is 0. The van der Waals surface area contributed by atoms with Gasteiger partial charge in [0.1, 0.15) is 6.10 Å². The summed E-state index contributed by atoms with van der Waals surface area (Å²) in [6, 6.07) is 0. The Morgan fingerprint density at radius 2 is 2.40 bits per heavy atom. The van der Waals surface area contributed by atoms with Crippen LogP contribution in [0.1, 0.15) is 25.1 Å². The fourth-order valence-corrected chi connectivity index (χ4v) is 1.76. The van der Waals surface area contributed by atoms with Crippen LogP contribution in [-0.2, 0) is 4.79 Å². The summed E-state index contributed by atoms with van der Waals surface area (Å²) in [6.07, 6.45) is 1.42. The molecule has 0 saturated carbocycles. The zero-order valence-corrected chi connectivity index (χ0v) is 9.20. The van der Waals surface area contributed by atoms with E-state index in [4.69, 9.17) is 0 Å². The molecule has 0 bridgehead atoms. The molecule has 1 aromatic rings. The minimum atomic E-state index is -0.972. The van der Waals surface area contributed by atoms with Crippen molar-refractivity contribution < 1.29 is 15.0 Å². The number of aromatic amines is 1. The number of carbonyl (C=O) groups excluding carboxylic acids is 1. The lowest BCUT2D eigenvalue weighted by atomic mass is 10.1. The minimum absolute atomic E-state index is 0.0123. The van der Waals surface area contributed by atoms with Crippen LogP contribution in [0, 0.1) is 0 Å². The highest BCUT2D eigenvalue weighted by molar-refractivity contribution is 8.13. The van der Waals surface area contributed by atoms with E-state index >= 15 is 0 Å². The van der Waals surface area contributed by atoms with Crippen molar-refractivity contribution in [2.24, 2.45) is 0 Å². The fourth-order valence-electron chi connectivity index (χ4n) is 1.12. The van der Waals surface area contributed by atoms with Gasteiger partial charge in [-0.1, -0.05) is 11.8 Å². The number of nitrogens with zero attached hydrogens (tertiary/aromatic N) is 1. The summed E-state index contributed by atoms with van der Waals surface area (Å²) in [4.78, 5) is 17.1. The number of aromatic nitrogens is 2. The van der Waals surface area contributed by atoms with Gasteiger partial charge in [0.05, 0.1) is 24.3 Å². The summed E-state index contributed by atoms with van der Waals surface area (Å²) >= 11 is 1.14. The first-order valence-electron chi connectivity index (χ1n) is 4.59. The van der Waals surface area contributed by atoms with Crippen molar-refractivity contribution in [1.82, 2.24) is 9.97 Å². The van der Waals surface area contributed by atoms with E-state index in [-0.39, 0.29) is 5.12 Å². The highest BCUT2D eigenvalue weighted by Crippen LogP contribution is 2.17. The number of hydrogen-bond donors (Lipinski definition) is 3. The number of aliphatic hydroxyl groups excluding tert-OH is 2. The van der Waals surface area contributed by atoms with E-state index in [0.29, 0.717) is 17.9 Å². The second kappa shape index (κ2) is 5.89. The average molecular weight is 230 g/mol. The van der Waals surface area contributed by atoms with Crippen LogP contribution in [0.4, 0.5) is 0 Å². The first-order chi connectivity index (χ1) is 7.11. The third-order valence-corrected chi connectivity index (χ3v) is 2.77. The van der Waals surface area contributed by atoms with Gasteiger partial charge in [-0.05, 0) is 6.42 Å². The largest absolute Gasteiger partial charge is 0.390 e. The molecule has 1 heterocycles. The van der Waals surface area contributed by atoms with E-state index in [1.54, 1.807) is 0 Å². The molecule has 0 radical (unpaired) electrons. The van der Waals surface area contributed by atoms with Crippen LogP contribution < -0.4 is 0 Å². The lowest BCUT2D eigenvalue weighted by Gasteiger charge is -2.15. The van der Waals surface area contributed by atoms with E-state index in [9.17, 15) is 15.0 Å². The second-order valence-corrected chi connectivity index (χ2v) is 4.42. The Hall–Kier alpha value is -0.850. The van der Waals surface area contributed by atoms with Gasteiger partial charge >= 0.3 is 0 Å². The topological polar surface area (TPSA) is 86.2 Å². The molecule has 0 aliphatic heterocycles. The Bertz CT molecular complexity index is 302. The molecule has 1 rings (SSSR count). The first-order valence-corrected chi connectivity index (χ1v) is 5.57. The number of imidazole rings is 1. The maximum atomic E-state index is 10.6. The quantitative estimate of drug-likeness (QED) is 0.684. The first kappa shape index (κ1) is 12.2. The molecule has 0 spiro atoms. The van der Waals surface area contributed by atoms with Crippen LogP contribution in [0.15, 0.2) is 12.5 Å². The molecule has 5 nitrogen and oxygen atoms in total. The van der Waals surface area contributed by atoms with Gasteiger partial charge in [0.25, 0.3) is 0 Å². The zero-order valence-electron chi connectivity index (χ0n) is 8.38. The average Bonchev–Trinajstić information content (AvgIpc) is 2.68. The number of aliphatic hydroxyl groups is 2. The van der Waals surface area contributed by atoms with Gasteiger partial charge in [-0.15, -0.1) is 0 Å². The Labute approximate surface area is 91.9 Å². The predicted molar refractivity (Wildman–Crippen MR) is 57.3 cm³/mol. The predicted octanol–water partition coefficient (Wildman–Crippen LogP) is 0.474. The molecule has 0 aliphatic rings. The summed E-state index contributed by atoms with van der Waals surface area (Å²) < 4.78 is 0. The molecule has 3 N–H and O–H groups in total. The van der Waals surface area contributed by atoms with Crippen LogP contribution in [-0.4, -0.2) is 37.2 Å². The van der Waals surface area contributed by atoms with Gasteiger partial charge in [-0.25, -0.2) is 4.98 Å². The maximum absolute atomic E-state index is 10.6. The molecular weight excluding hydrogens is 216 g/mol. The van der Waals surface area contributed by atoms with Gasteiger partial charge in [-0.2, -0.15) is 0 Å². The molecule has 0 aliphatic carbocycles. The molecule has 84 valence electrons. The van der Waals surface area contributed by atoms with Crippen molar-refractivity contribution >= 4 is 16.9 Å². The SMILES string of the molecule is CC(=O)SCCC(O)C(O)c1cnc[nH]1. The Balaban J connectivity index is 2.33. The summed E-state index contributed by atoms with van der Waals surface area (Å²) in [6.45, 7) is 1.47. The van der Waals surface area contributed by atoms with E-state index in [1.165, 1.54) is 19.4 Å². The minimum Gasteiger partial charge on any atom is -0.390 e. The number of rotatable bonds is 5. The van der Waals surface area contributed by atoms with E-state index in [1.807, 2.05) is 0 Å². The smallest absolute Gasteiger partial charge is 0.185 e. The van der Waals surface area contributed by atoms with Crippen molar-refractivity contribution in [3.8, 4) is 0 Å². The molecule has 0 fully saturated rings. The molecule has 2 atom stereocenters. The standard InChI is InChI=1S/C9H14N2O3S/c1-6(12)15-3-2-8(13)9(14)7-4-10-5-11-7/h4-5,8-9,13-14H,2-3H2,1H3,(H,10,11). The number of hydrogen-bond acceptors (Lipinski definition) is 5. The van der Waals surface area contributed by atoms with Gasteiger partial charge in [-0.3, -0.25) is 4.79 Å². The third kappa shape index (κ3) is 4.03. The molecule has 2 unspecified atom stereocenters. The summed E-state index contributed by atoms with van der Waals surface area (Å²) in [5, 5.41) is 19.2. The zero-order chi connectivity index (χ0) is 11.3.